The van der Waals surface area contributed by atoms with E-state index in [1.807, 2.05) is 30.3 Å². The summed E-state index contributed by atoms with van der Waals surface area (Å²) in [6.07, 6.45) is 6.77. The molecule has 6 heteroatoms. The minimum Gasteiger partial charge on any atom is -0.456 e. The van der Waals surface area contributed by atoms with Crippen LogP contribution in [0.2, 0.25) is 0 Å². The first-order valence-electron chi connectivity index (χ1n) is 11.9. The van der Waals surface area contributed by atoms with Crippen LogP contribution in [0.4, 0.5) is 9.18 Å². The molecule has 0 aliphatic rings. The zero-order valence-electron chi connectivity index (χ0n) is 19.5. The van der Waals surface area contributed by atoms with Crippen molar-refractivity contribution in [1.82, 2.24) is 10.6 Å². The molecule has 0 fully saturated rings. The van der Waals surface area contributed by atoms with Gasteiger partial charge in [-0.1, -0.05) is 76.3 Å². The molecule has 1 aromatic rings. The number of benzene rings is 1. The zero-order chi connectivity index (χ0) is 22.9. The van der Waals surface area contributed by atoms with Gasteiger partial charge in [0.1, 0.15) is 6.10 Å². The number of alkyl halides is 1. The summed E-state index contributed by atoms with van der Waals surface area (Å²) in [6.45, 7) is 6.62. The van der Waals surface area contributed by atoms with Crippen molar-refractivity contribution in [3.8, 4) is 0 Å². The molecule has 0 aliphatic heterocycles. The number of halogens is 1. The molecular formula is C25H41FN2O3. The molecule has 0 saturated carbocycles. The molecule has 5 nitrogen and oxygen atoms in total. The van der Waals surface area contributed by atoms with Crippen LogP contribution in [0, 0.1) is 0 Å². The molecule has 3 atom stereocenters. The molecule has 0 bridgehead atoms. The largest absolute Gasteiger partial charge is 0.456 e. The molecule has 0 aromatic heterocycles. The Balaban J connectivity index is 2.08. The number of unbranched alkanes of at least 4 members (excludes halogenated alkanes) is 5. The lowest BCUT2D eigenvalue weighted by molar-refractivity contribution is -0.155. The second-order valence-electron chi connectivity index (χ2n) is 8.16. The average Bonchev–Trinajstić information content (AvgIpc) is 2.78. The Labute approximate surface area is 187 Å². The highest BCUT2D eigenvalue weighted by atomic mass is 19.1. The Hall–Kier alpha value is -2.11. The molecule has 1 unspecified atom stereocenters. The predicted octanol–water partition coefficient (Wildman–Crippen LogP) is 6.24. The summed E-state index contributed by atoms with van der Waals surface area (Å²) < 4.78 is 19.3. The van der Waals surface area contributed by atoms with Gasteiger partial charge in [-0.05, 0) is 44.6 Å². The maximum atomic E-state index is 14.1. The highest BCUT2D eigenvalue weighted by Crippen LogP contribution is 2.19. The third kappa shape index (κ3) is 12.4. The lowest BCUT2D eigenvalue weighted by atomic mass is 10.1. The van der Waals surface area contributed by atoms with Crippen LogP contribution in [0.1, 0.15) is 96.6 Å². The van der Waals surface area contributed by atoms with Crippen LogP contribution in [-0.4, -0.2) is 30.8 Å². The topological polar surface area (TPSA) is 67.4 Å². The van der Waals surface area contributed by atoms with E-state index in [-0.39, 0.29) is 18.5 Å². The smallest absolute Gasteiger partial charge is 0.341 e. The van der Waals surface area contributed by atoms with Crippen molar-refractivity contribution in [2.24, 2.45) is 0 Å². The van der Waals surface area contributed by atoms with Gasteiger partial charge < -0.3 is 15.4 Å². The summed E-state index contributed by atoms with van der Waals surface area (Å²) >= 11 is 0. The first-order valence-corrected chi connectivity index (χ1v) is 11.9. The molecule has 31 heavy (non-hydrogen) atoms. The molecule has 0 saturated heterocycles. The summed E-state index contributed by atoms with van der Waals surface area (Å²) in [5.74, 6) is -0.792. The Morgan fingerprint density at radius 2 is 1.65 bits per heavy atom. The number of ether oxygens (including phenoxy) is 1. The van der Waals surface area contributed by atoms with Crippen molar-refractivity contribution in [3.63, 3.8) is 0 Å². The zero-order valence-corrected chi connectivity index (χ0v) is 19.5. The quantitative estimate of drug-likeness (QED) is 0.238. The third-order valence-corrected chi connectivity index (χ3v) is 5.47. The summed E-state index contributed by atoms with van der Waals surface area (Å²) in [5.41, 5.74) is 0.853. The Kier molecular flexibility index (Phi) is 14.4. The standard InChI is InChI=1S/C25H41FN2O3/c1-4-6-10-17-22(5-2)28-25(30)27-19-14-8-7-13-18-23(26)24(29)31-20(3)21-15-11-9-12-16-21/h9,11-12,15-16,20,22-23H,4-8,10,13-14,17-19H2,1-3H3,(H2,27,28,30)/t20-,22?,23-/m0/s1. The minimum atomic E-state index is -1.59. The first kappa shape index (κ1) is 26.9. The van der Waals surface area contributed by atoms with Crippen molar-refractivity contribution < 1.29 is 18.7 Å². The van der Waals surface area contributed by atoms with Gasteiger partial charge in [-0.25, -0.2) is 14.0 Å². The van der Waals surface area contributed by atoms with Crippen LogP contribution in [0.15, 0.2) is 30.3 Å². The number of esters is 1. The van der Waals surface area contributed by atoms with Crippen molar-refractivity contribution in [1.29, 1.82) is 0 Å². The lowest BCUT2D eigenvalue weighted by Crippen LogP contribution is -2.42. The second-order valence-corrected chi connectivity index (χ2v) is 8.16. The Bertz CT molecular complexity index is 612. The van der Waals surface area contributed by atoms with Gasteiger partial charge in [0.25, 0.3) is 0 Å². The Morgan fingerprint density at radius 3 is 2.32 bits per heavy atom. The molecule has 1 rings (SSSR count). The van der Waals surface area contributed by atoms with Crippen LogP contribution in [0.5, 0.6) is 0 Å². The Morgan fingerprint density at radius 1 is 0.968 bits per heavy atom. The lowest BCUT2D eigenvalue weighted by Gasteiger charge is -2.17. The SMILES string of the molecule is CCCCCC(CC)NC(=O)NCCCCCC[C@H](F)C(=O)O[C@@H](C)c1ccccc1. The van der Waals surface area contributed by atoms with Gasteiger partial charge in [0.05, 0.1) is 0 Å². The predicted molar refractivity (Wildman–Crippen MR) is 124 cm³/mol. The van der Waals surface area contributed by atoms with E-state index in [2.05, 4.69) is 24.5 Å². The summed E-state index contributed by atoms with van der Waals surface area (Å²) in [7, 11) is 0. The number of amides is 2. The molecule has 0 heterocycles. The van der Waals surface area contributed by atoms with Gasteiger partial charge >= 0.3 is 12.0 Å². The van der Waals surface area contributed by atoms with Gasteiger partial charge in [-0.15, -0.1) is 0 Å². The monoisotopic (exact) mass is 436 g/mol. The van der Waals surface area contributed by atoms with Gasteiger partial charge in [-0.2, -0.15) is 0 Å². The maximum absolute atomic E-state index is 14.1. The van der Waals surface area contributed by atoms with E-state index in [1.165, 1.54) is 12.8 Å². The molecule has 2 amide bonds. The molecule has 2 N–H and O–H groups in total. The molecule has 176 valence electrons. The molecule has 0 aliphatic carbocycles. The number of hydrogen-bond donors (Lipinski definition) is 2. The second kappa shape index (κ2) is 16.6. The van der Waals surface area contributed by atoms with Gasteiger partial charge in [0.2, 0.25) is 0 Å². The van der Waals surface area contributed by atoms with Crippen LogP contribution >= 0.6 is 0 Å². The fraction of sp³-hybridized carbons (Fsp3) is 0.680. The number of carbonyl (C=O) groups excluding carboxylic acids is 2. The van der Waals surface area contributed by atoms with Crippen LogP contribution in [0.25, 0.3) is 0 Å². The fourth-order valence-corrected chi connectivity index (χ4v) is 3.42. The van der Waals surface area contributed by atoms with E-state index < -0.39 is 18.2 Å². The van der Waals surface area contributed by atoms with E-state index in [9.17, 15) is 14.0 Å². The summed E-state index contributed by atoms with van der Waals surface area (Å²) in [5, 5.41) is 5.93. The van der Waals surface area contributed by atoms with E-state index in [4.69, 9.17) is 4.74 Å². The third-order valence-electron chi connectivity index (χ3n) is 5.47. The van der Waals surface area contributed by atoms with Crippen LogP contribution in [0.3, 0.4) is 0 Å². The van der Waals surface area contributed by atoms with Crippen molar-refractivity contribution in [3.05, 3.63) is 35.9 Å². The maximum Gasteiger partial charge on any atom is 0.341 e. The number of nitrogens with one attached hydrogen (secondary N) is 2. The number of rotatable bonds is 16. The van der Waals surface area contributed by atoms with Crippen molar-refractivity contribution in [2.45, 2.75) is 103 Å². The minimum absolute atomic E-state index is 0.109. The summed E-state index contributed by atoms with van der Waals surface area (Å²) in [6, 6.07) is 9.44. The van der Waals surface area contributed by atoms with E-state index in [0.29, 0.717) is 13.0 Å². The van der Waals surface area contributed by atoms with Crippen LogP contribution < -0.4 is 10.6 Å². The van der Waals surface area contributed by atoms with Crippen molar-refractivity contribution in [2.75, 3.05) is 6.54 Å². The van der Waals surface area contributed by atoms with Crippen molar-refractivity contribution >= 4 is 12.0 Å². The molecular weight excluding hydrogens is 395 g/mol. The van der Waals surface area contributed by atoms with Gasteiger partial charge in [0, 0.05) is 12.6 Å². The first-order chi connectivity index (χ1) is 15.0. The van der Waals surface area contributed by atoms with Gasteiger partial charge in [-0.3, -0.25) is 0 Å². The number of carbonyl (C=O) groups is 2. The average molecular weight is 437 g/mol. The molecule has 0 radical (unpaired) electrons. The normalized spacial score (nSPS) is 13.8. The van der Waals surface area contributed by atoms with Gasteiger partial charge in [0.15, 0.2) is 6.17 Å². The highest BCUT2D eigenvalue weighted by molar-refractivity contribution is 5.74. The number of urea groups is 1. The highest BCUT2D eigenvalue weighted by Gasteiger charge is 2.21. The van der Waals surface area contributed by atoms with Crippen LogP contribution in [-0.2, 0) is 9.53 Å². The van der Waals surface area contributed by atoms with E-state index in [0.717, 1.165) is 44.1 Å². The number of hydrogen-bond acceptors (Lipinski definition) is 3. The fourth-order valence-electron chi connectivity index (χ4n) is 3.42. The van der Waals surface area contributed by atoms with E-state index in [1.54, 1.807) is 6.92 Å². The summed E-state index contributed by atoms with van der Waals surface area (Å²) in [4.78, 5) is 23.9. The molecule has 1 aromatic carbocycles. The van der Waals surface area contributed by atoms with E-state index >= 15 is 0 Å². The molecule has 0 spiro atoms.